The monoisotopic (exact) mass is 269 g/mol. The van der Waals surface area contributed by atoms with Gasteiger partial charge in [-0.25, -0.2) is 0 Å². The Morgan fingerprint density at radius 3 is 2.53 bits per heavy atom. The molecule has 0 saturated carbocycles. The lowest BCUT2D eigenvalue weighted by atomic mass is 9.78. The highest BCUT2D eigenvalue weighted by molar-refractivity contribution is 5.90. The van der Waals surface area contributed by atoms with Gasteiger partial charge in [-0.05, 0) is 32.9 Å². The summed E-state index contributed by atoms with van der Waals surface area (Å²) in [5.41, 5.74) is 0. The van der Waals surface area contributed by atoms with Crippen LogP contribution in [0, 0.1) is 11.8 Å². The lowest BCUT2D eigenvalue weighted by molar-refractivity contribution is -0.145. The minimum atomic E-state index is -0.715. The summed E-state index contributed by atoms with van der Waals surface area (Å²) in [6.07, 6.45) is 1.16. The van der Waals surface area contributed by atoms with E-state index >= 15 is 0 Å². The van der Waals surface area contributed by atoms with Crippen molar-refractivity contribution >= 4 is 11.8 Å². The molecule has 2 heterocycles. The van der Waals surface area contributed by atoms with Gasteiger partial charge < -0.3 is 21.1 Å². The molecule has 19 heavy (non-hydrogen) atoms. The van der Waals surface area contributed by atoms with Crippen LogP contribution in [0.2, 0.25) is 0 Å². The molecule has 2 fully saturated rings. The van der Waals surface area contributed by atoms with E-state index in [1.54, 1.807) is 13.8 Å². The second-order valence-electron chi connectivity index (χ2n) is 5.62. The molecule has 0 radical (unpaired) electrons. The third-order valence-corrected chi connectivity index (χ3v) is 4.16. The molecule has 2 aliphatic heterocycles. The Kier molecular flexibility index (Phi) is 4.42. The number of hydrogen-bond donors (Lipinski definition) is 4. The van der Waals surface area contributed by atoms with Gasteiger partial charge >= 0.3 is 0 Å². The average molecular weight is 269 g/mol. The van der Waals surface area contributed by atoms with E-state index < -0.39 is 12.0 Å². The molecule has 0 bridgehead atoms. The normalized spacial score (nSPS) is 31.0. The molecule has 4 N–H and O–H groups in total. The van der Waals surface area contributed by atoms with Crippen molar-refractivity contribution in [1.82, 2.24) is 16.0 Å². The molecule has 2 aliphatic rings. The summed E-state index contributed by atoms with van der Waals surface area (Å²) >= 11 is 0. The fourth-order valence-corrected chi connectivity index (χ4v) is 2.83. The molecule has 108 valence electrons. The van der Waals surface area contributed by atoms with Crippen LogP contribution in [0.5, 0.6) is 0 Å². The summed E-state index contributed by atoms with van der Waals surface area (Å²) in [5.74, 6) is -0.981. The first-order valence-electron chi connectivity index (χ1n) is 7.00. The van der Waals surface area contributed by atoms with Gasteiger partial charge in [-0.1, -0.05) is 6.92 Å². The number of β-lactam (4-membered cyclic amide) rings is 1. The number of amides is 2. The van der Waals surface area contributed by atoms with E-state index in [1.165, 1.54) is 0 Å². The Morgan fingerprint density at radius 1 is 1.37 bits per heavy atom. The molecule has 4 atom stereocenters. The van der Waals surface area contributed by atoms with Crippen molar-refractivity contribution in [3.63, 3.8) is 0 Å². The molecule has 0 aromatic heterocycles. The van der Waals surface area contributed by atoms with Crippen LogP contribution >= 0.6 is 0 Å². The summed E-state index contributed by atoms with van der Waals surface area (Å²) in [7, 11) is 0. The smallest absolute Gasteiger partial charge is 0.228 e. The number of carbonyl (C=O) groups is 2. The first kappa shape index (κ1) is 14.3. The Morgan fingerprint density at radius 2 is 2.00 bits per heavy atom. The summed E-state index contributed by atoms with van der Waals surface area (Å²) in [6, 6.07) is -0.0359. The van der Waals surface area contributed by atoms with E-state index in [4.69, 9.17) is 0 Å². The van der Waals surface area contributed by atoms with Crippen LogP contribution in [0.4, 0.5) is 0 Å². The number of rotatable bonds is 4. The van der Waals surface area contributed by atoms with E-state index in [-0.39, 0.29) is 29.8 Å². The van der Waals surface area contributed by atoms with Crippen molar-refractivity contribution in [3.8, 4) is 0 Å². The van der Waals surface area contributed by atoms with Gasteiger partial charge in [-0.3, -0.25) is 9.59 Å². The summed E-state index contributed by atoms with van der Waals surface area (Å²) in [4.78, 5) is 23.5. The van der Waals surface area contributed by atoms with Crippen molar-refractivity contribution in [2.45, 2.75) is 44.9 Å². The largest absolute Gasteiger partial charge is 0.393 e. The minimum absolute atomic E-state index is 0.0393. The number of hydrogen-bond acceptors (Lipinski definition) is 4. The molecule has 0 unspecified atom stereocenters. The van der Waals surface area contributed by atoms with E-state index in [0.717, 1.165) is 25.9 Å². The molecule has 6 nitrogen and oxygen atoms in total. The maximum absolute atomic E-state index is 12.2. The number of piperidine rings is 1. The number of aliphatic hydroxyl groups is 1. The minimum Gasteiger partial charge on any atom is -0.393 e. The van der Waals surface area contributed by atoms with E-state index in [0.29, 0.717) is 0 Å². The van der Waals surface area contributed by atoms with Gasteiger partial charge in [0.2, 0.25) is 11.8 Å². The quantitative estimate of drug-likeness (QED) is 0.492. The predicted octanol–water partition coefficient (Wildman–Crippen LogP) is -1.01. The molecule has 2 saturated heterocycles. The standard InChI is InChI=1S/C13H23N3O3/c1-7(11-10(8(2)17)13(19)16-11)12(18)15-9-3-5-14-6-4-9/h7-11,14,17H,3-6H2,1-2H3,(H,15,18)(H,16,19)/t7-,8-,10-,11-/m1/s1. The van der Waals surface area contributed by atoms with E-state index in [1.807, 2.05) is 0 Å². The van der Waals surface area contributed by atoms with Crippen LogP contribution in [0.15, 0.2) is 0 Å². The Bertz CT molecular complexity index is 353. The molecule has 6 heteroatoms. The van der Waals surface area contributed by atoms with Gasteiger partial charge in [0, 0.05) is 6.04 Å². The van der Waals surface area contributed by atoms with Crippen LogP contribution in [0.3, 0.4) is 0 Å². The summed E-state index contributed by atoms with van der Waals surface area (Å²) in [5, 5.41) is 18.6. The van der Waals surface area contributed by atoms with Crippen LogP contribution in [-0.2, 0) is 9.59 Å². The fourth-order valence-electron chi connectivity index (χ4n) is 2.83. The van der Waals surface area contributed by atoms with Gasteiger partial charge in [0.1, 0.15) is 0 Å². The SMILES string of the molecule is C[C@@H](O)[C@H]1C(=O)N[C@@H]1[C@@H](C)C(=O)NC1CCNCC1. The highest BCUT2D eigenvalue weighted by Gasteiger charge is 2.47. The lowest BCUT2D eigenvalue weighted by Gasteiger charge is -2.41. The van der Waals surface area contributed by atoms with Gasteiger partial charge in [-0.15, -0.1) is 0 Å². The van der Waals surface area contributed by atoms with Crippen LogP contribution in [0.1, 0.15) is 26.7 Å². The Hall–Kier alpha value is -1.14. The molecular formula is C13H23N3O3. The number of carbonyl (C=O) groups excluding carboxylic acids is 2. The van der Waals surface area contributed by atoms with Crippen molar-refractivity contribution < 1.29 is 14.7 Å². The maximum atomic E-state index is 12.2. The molecule has 0 aliphatic carbocycles. The average Bonchev–Trinajstić information content (AvgIpc) is 2.35. The predicted molar refractivity (Wildman–Crippen MR) is 70.3 cm³/mol. The number of aliphatic hydroxyl groups excluding tert-OH is 1. The zero-order valence-electron chi connectivity index (χ0n) is 11.5. The third kappa shape index (κ3) is 3.06. The van der Waals surface area contributed by atoms with Crippen LogP contribution < -0.4 is 16.0 Å². The van der Waals surface area contributed by atoms with Crippen LogP contribution in [0.25, 0.3) is 0 Å². The van der Waals surface area contributed by atoms with Crippen molar-refractivity contribution in [2.24, 2.45) is 11.8 Å². The second kappa shape index (κ2) is 5.88. The van der Waals surface area contributed by atoms with Gasteiger partial charge in [-0.2, -0.15) is 0 Å². The maximum Gasteiger partial charge on any atom is 0.228 e. The first-order valence-corrected chi connectivity index (χ1v) is 7.00. The highest BCUT2D eigenvalue weighted by atomic mass is 16.3. The third-order valence-electron chi connectivity index (χ3n) is 4.16. The summed E-state index contributed by atoms with van der Waals surface area (Å²) in [6.45, 7) is 5.25. The zero-order valence-corrected chi connectivity index (χ0v) is 11.5. The molecule has 0 spiro atoms. The van der Waals surface area contributed by atoms with E-state index in [9.17, 15) is 14.7 Å². The molecule has 2 rings (SSSR count). The van der Waals surface area contributed by atoms with Crippen LogP contribution in [-0.4, -0.2) is 48.2 Å². The Balaban J connectivity index is 1.86. The Labute approximate surface area is 113 Å². The van der Waals surface area contributed by atoms with Gasteiger partial charge in [0.15, 0.2) is 0 Å². The van der Waals surface area contributed by atoms with Crippen molar-refractivity contribution in [3.05, 3.63) is 0 Å². The van der Waals surface area contributed by atoms with E-state index in [2.05, 4.69) is 16.0 Å². The summed E-state index contributed by atoms with van der Waals surface area (Å²) < 4.78 is 0. The highest BCUT2D eigenvalue weighted by Crippen LogP contribution is 2.25. The number of nitrogens with one attached hydrogen (secondary N) is 3. The zero-order chi connectivity index (χ0) is 14.0. The molecular weight excluding hydrogens is 246 g/mol. The second-order valence-corrected chi connectivity index (χ2v) is 5.62. The molecule has 2 amide bonds. The fraction of sp³-hybridized carbons (Fsp3) is 0.846. The van der Waals surface area contributed by atoms with Gasteiger partial charge in [0.05, 0.1) is 24.0 Å². The topological polar surface area (TPSA) is 90.5 Å². The molecule has 0 aromatic carbocycles. The molecule has 0 aromatic rings. The van der Waals surface area contributed by atoms with Crippen molar-refractivity contribution in [2.75, 3.05) is 13.1 Å². The first-order chi connectivity index (χ1) is 9.00. The lowest BCUT2D eigenvalue weighted by Crippen LogP contribution is -2.66. The van der Waals surface area contributed by atoms with Crippen molar-refractivity contribution in [1.29, 1.82) is 0 Å². The van der Waals surface area contributed by atoms with Gasteiger partial charge in [0.25, 0.3) is 0 Å².